The lowest BCUT2D eigenvalue weighted by atomic mass is 10.1. The van der Waals surface area contributed by atoms with Crippen molar-refractivity contribution < 1.29 is 12.9 Å². The third kappa shape index (κ3) is 6.96. The maximum Gasteiger partial charge on any atom is 0.191 e. The van der Waals surface area contributed by atoms with Crippen LogP contribution in [0.3, 0.4) is 0 Å². The number of rotatable bonds is 7. The largest absolute Gasteiger partial charge is 0.359 e. The molecule has 0 atom stereocenters. The Morgan fingerprint density at radius 2 is 2.00 bits per heavy atom. The monoisotopic (exact) mass is 472 g/mol. The molecule has 0 aliphatic carbocycles. The Morgan fingerprint density at radius 3 is 2.46 bits per heavy atom. The number of nitrogens with zero attached hydrogens (tertiary/aromatic N) is 2. The molecular weight excluding hydrogens is 443 g/mol. The first kappa shape index (κ1) is 23.2. The molecule has 0 aromatic carbocycles. The Kier molecular flexibility index (Phi) is 9.26. The third-order valence-electron chi connectivity index (χ3n) is 3.59. The summed E-state index contributed by atoms with van der Waals surface area (Å²) < 4.78 is 27.9. The smallest absolute Gasteiger partial charge is 0.191 e. The number of hydrogen-bond acceptors (Lipinski definition) is 5. The van der Waals surface area contributed by atoms with Crippen LogP contribution in [-0.4, -0.2) is 43.6 Å². The third-order valence-corrected chi connectivity index (χ3v) is 5.74. The fourth-order valence-electron chi connectivity index (χ4n) is 1.60. The van der Waals surface area contributed by atoms with Crippen LogP contribution < -0.4 is 10.6 Å². The van der Waals surface area contributed by atoms with Gasteiger partial charge in [-0.3, -0.25) is 0 Å². The van der Waals surface area contributed by atoms with Gasteiger partial charge in [0.2, 0.25) is 0 Å². The maximum absolute atomic E-state index is 11.7. The molecule has 7 nitrogen and oxygen atoms in total. The summed E-state index contributed by atoms with van der Waals surface area (Å²) in [6, 6.07) is 1.89. The summed E-state index contributed by atoms with van der Waals surface area (Å²) in [7, 11) is -3.16. The molecule has 0 aliphatic heterocycles. The standard InChI is InChI=1S/C15H28N4O3S.HI/c1-7-16-14(18-10-15(4,5)23(6,20)21)17-9-12-8-13(11(2)3)19-22-12;/h8,11H,7,9-10H2,1-6H3,(H2,16,17,18);1H. The average molecular weight is 472 g/mol. The van der Waals surface area contributed by atoms with Gasteiger partial charge in [0.05, 0.1) is 10.4 Å². The summed E-state index contributed by atoms with van der Waals surface area (Å²) in [5.74, 6) is 1.53. The normalized spacial score (nSPS) is 12.9. The summed E-state index contributed by atoms with van der Waals surface area (Å²) in [4.78, 5) is 4.41. The molecule has 0 saturated heterocycles. The zero-order chi connectivity index (χ0) is 17.7. The SMILES string of the molecule is CCNC(=NCc1cc(C(C)C)no1)NCC(C)(C)S(C)(=O)=O.I. The molecule has 0 saturated carbocycles. The minimum Gasteiger partial charge on any atom is -0.359 e. The Hall–Kier alpha value is -0.840. The Labute approximate surface area is 162 Å². The fourth-order valence-corrected chi connectivity index (χ4v) is 1.94. The molecule has 0 unspecified atom stereocenters. The molecule has 1 rings (SSSR count). The quantitative estimate of drug-likeness (QED) is 0.359. The van der Waals surface area contributed by atoms with Crippen molar-refractivity contribution in [2.24, 2.45) is 4.99 Å². The lowest BCUT2D eigenvalue weighted by molar-refractivity contribution is 0.376. The lowest BCUT2D eigenvalue weighted by Gasteiger charge is -2.24. The van der Waals surface area contributed by atoms with Crippen LogP contribution in [0.15, 0.2) is 15.6 Å². The van der Waals surface area contributed by atoms with E-state index < -0.39 is 14.6 Å². The number of halogens is 1. The van der Waals surface area contributed by atoms with Gasteiger partial charge in [0.15, 0.2) is 21.6 Å². The molecule has 1 heterocycles. The number of aromatic nitrogens is 1. The molecule has 0 spiro atoms. The number of guanidine groups is 1. The van der Waals surface area contributed by atoms with Crippen LogP contribution in [0.1, 0.15) is 52.0 Å². The van der Waals surface area contributed by atoms with Crippen LogP contribution in [0.25, 0.3) is 0 Å². The summed E-state index contributed by atoms with van der Waals surface area (Å²) in [5.41, 5.74) is 0.895. The van der Waals surface area contributed by atoms with E-state index in [1.54, 1.807) is 13.8 Å². The molecular formula is C15H29IN4O3S. The first-order valence-electron chi connectivity index (χ1n) is 7.74. The number of sulfone groups is 1. The Morgan fingerprint density at radius 1 is 1.38 bits per heavy atom. The summed E-state index contributed by atoms with van der Waals surface area (Å²) >= 11 is 0. The molecule has 2 N–H and O–H groups in total. The van der Waals surface area contributed by atoms with Gasteiger partial charge in [-0.05, 0) is 26.7 Å². The van der Waals surface area contributed by atoms with Gasteiger partial charge in [0.1, 0.15) is 6.54 Å². The van der Waals surface area contributed by atoms with Gasteiger partial charge in [-0.15, -0.1) is 24.0 Å². The zero-order valence-corrected chi connectivity index (χ0v) is 18.4. The van der Waals surface area contributed by atoms with E-state index in [1.807, 2.05) is 26.8 Å². The van der Waals surface area contributed by atoms with E-state index in [1.165, 1.54) is 6.26 Å². The second kappa shape index (κ2) is 9.59. The molecule has 0 radical (unpaired) electrons. The van der Waals surface area contributed by atoms with Crippen LogP contribution in [-0.2, 0) is 16.4 Å². The maximum atomic E-state index is 11.7. The van der Waals surface area contributed by atoms with Crippen LogP contribution in [0.4, 0.5) is 0 Å². The first-order valence-corrected chi connectivity index (χ1v) is 9.63. The Bertz CT molecular complexity index is 639. The number of hydrogen-bond donors (Lipinski definition) is 2. The van der Waals surface area contributed by atoms with Gasteiger partial charge in [-0.1, -0.05) is 19.0 Å². The van der Waals surface area contributed by atoms with E-state index in [0.29, 0.717) is 30.7 Å². The molecule has 1 aromatic rings. The van der Waals surface area contributed by atoms with Crippen LogP contribution >= 0.6 is 24.0 Å². The second-order valence-electron chi connectivity index (χ2n) is 6.45. The van der Waals surface area contributed by atoms with E-state index in [9.17, 15) is 8.42 Å². The van der Waals surface area contributed by atoms with Crippen molar-refractivity contribution in [2.75, 3.05) is 19.3 Å². The zero-order valence-electron chi connectivity index (χ0n) is 15.2. The summed E-state index contributed by atoms with van der Waals surface area (Å²) in [5, 5.41) is 10.1. The summed E-state index contributed by atoms with van der Waals surface area (Å²) in [6.45, 7) is 10.7. The van der Waals surface area contributed by atoms with Gasteiger partial charge >= 0.3 is 0 Å². The molecule has 0 fully saturated rings. The van der Waals surface area contributed by atoms with Crippen molar-refractivity contribution in [1.82, 2.24) is 15.8 Å². The van der Waals surface area contributed by atoms with Gasteiger partial charge < -0.3 is 15.2 Å². The highest BCUT2D eigenvalue weighted by molar-refractivity contribution is 14.0. The summed E-state index contributed by atoms with van der Waals surface area (Å²) in [6.07, 6.45) is 1.24. The minimum absolute atomic E-state index is 0. The number of aliphatic imine (C=N–C) groups is 1. The minimum atomic E-state index is -3.16. The molecule has 9 heteroatoms. The Balaban J connectivity index is 0.00000529. The van der Waals surface area contributed by atoms with E-state index in [-0.39, 0.29) is 30.5 Å². The highest BCUT2D eigenvalue weighted by Crippen LogP contribution is 2.15. The highest BCUT2D eigenvalue weighted by Gasteiger charge is 2.30. The lowest BCUT2D eigenvalue weighted by Crippen LogP contribution is -2.47. The van der Waals surface area contributed by atoms with Crippen LogP contribution in [0.2, 0.25) is 0 Å². The van der Waals surface area contributed by atoms with Gasteiger partial charge in [-0.25, -0.2) is 13.4 Å². The van der Waals surface area contributed by atoms with Crippen molar-refractivity contribution in [3.63, 3.8) is 0 Å². The van der Waals surface area contributed by atoms with Crippen LogP contribution in [0, 0.1) is 0 Å². The van der Waals surface area contributed by atoms with Crippen molar-refractivity contribution >= 4 is 39.8 Å². The predicted octanol–water partition coefficient (Wildman–Crippen LogP) is 2.29. The molecule has 1 aromatic heterocycles. The fraction of sp³-hybridized carbons (Fsp3) is 0.733. The molecule has 0 aliphatic rings. The van der Waals surface area contributed by atoms with E-state index in [4.69, 9.17) is 4.52 Å². The predicted molar refractivity (Wildman–Crippen MR) is 108 cm³/mol. The molecule has 0 bridgehead atoms. The van der Waals surface area contributed by atoms with Crippen molar-refractivity contribution in [3.05, 3.63) is 17.5 Å². The van der Waals surface area contributed by atoms with E-state index in [2.05, 4.69) is 20.8 Å². The molecule has 0 amide bonds. The van der Waals surface area contributed by atoms with Crippen molar-refractivity contribution in [1.29, 1.82) is 0 Å². The first-order chi connectivity index (χ1) is 10.6. The molecule has 24 heavy (non-hydrogen) atoms. The topological polar surface area (TPSA) is 96.6 Å². The van der Waals surface area contributed by atoms with Gasteiger partial charge in [-0.2, -0.15) is 0 Å². The van der Waals surface area contributed by atoms with E-state index >= 15 is 0 Å². The second-order valence-corrected chi connectivity index (χ2v) is 9.10. The van der Waals surface area contributed by atoms with Gasteiger partial charge in [0.25, 0.3) is 0 Å². The van der Waals surface area contributed by atoms with Gasteiger partial charge in [0, 0.05) is 25.4 Å². The average Bonchev–Trinajstić information content (AvgIpc) is 2.89. The highest BCUT2D eigenvalue weighted by atomic mass is 127. The number of nitrogens with one attached hydrogen (secondary N) is 2. The van der Waals surface area contributed by atoms with Crippen molar-refractivity contribution in [3.8, 4) is 0 Å². The van der Waals surface area contributed by atoms with Crippen LogP contribution in [0.5, 0.6) is 0 Å². The molecule has 140 valence electrons. The van der Waals surface area contributed by atoms with E-state index in [0.717, 1.165) is 5.69 Å². The van der Waals surface area contributed by atoms with Crippen molar-refractivity contribution in [2.45, 2.75) is 51.8 Å².